The second-order valence-corrected chi connectivity index (χ2v) is 12.6. The third kappa shape index (κ3) is 4.06. The van der Waals surface area contributed by atoms with Gasteiger partial charge in [0.1, 0.15) is 0 Å². The Kier molecular flexibility index (Phi) is 4.24. The van der Waals surface area contributed by atoms with Crippen molar-refractivity contribution in [3.8, 4) is 28.2 Å². The van der Waals surface area contributed by atoms with Gasteiger partial charge in [0.05, 0.1) is 46.8 Å². The number of nitrogens with zero attached hydrogens (tertiary/aromatic N) is 3. The molecule has 238 valence electrons. The Hall–Kier alpha value is -6.84. The Morgan fingerprint density at radius 2 is 0.804 bits per heavy atom. The smallest absolute Gasteiger partial charge is 0.0646 e. The van der Waals surface area contributed by atoms with Crippen LogP contribution in [0.4, 0.5) is 0 Å². The first-order chi connectivity index (χ1) is 29.5. The molecule has 0 fully saturated rings. The van der Waals surface area contributed by atoms with E-state index >= 15 is 0 Å². The van der Waals surface area contributed by atoms with Crippen LogP contribution >= 0.6 is 0 Å². The van der Waals surface area contributed by atoms with Gasteiger partial charge >= 0.3 is 0 Å². The van der Waals surface area contributed by atoms with E-state index < -0.39 is 24.2 Å². The minimum absolute atomic E-state index is 0.0807. The molecule has 0 aliphatic carbocycles. The van der Waals surface area contributed by atoms with Crippen molar-refractivity contribution in [3.63, 3.8) is 0 Å². The Bertz CT molecular complexity index is 3680. The van der Waals surface area contributed by atoms with E-state index in [1.807, 2.05) is 127 Å². The molecule has 11 rings (SSSR count). The number of benzene rings is 8. The SMILES string of the molecule is [2H]c1c([2H])c([2H])c2c(c1[2H])c1c3c4c([2H])c([2H])c([2H])c([2H])c4n(-c4ccc5c(c4)c4ccccc4n5-c4ccccc4)c3c([2H])c([2H])c1n2-c1ccc(-c2ccccc2)cc1. The topological polar surface area (TPSA) is 14.8 Å². The van der Waals surface area contributed by atoms with E-state index in [0.717, 1.165) is 38.6 Å². The fourth-order valence-electron chi connectivity index (χ4n) is 7.74. The van der Waals surface area contributed by atoms with Crippen molar-refractivity contribution < 1.29 is 13.7 Å². The summed E-state index contributed by atoms with van der Waals surface area (Å²) < 4.78 is 97.6. The summed E-state index contributed by atoms with van der Waals surface area (Å²) in [6.45, 7) is 0. The Labute approximate surface area is 308 Å². The van der Waals surface area contributed by atoms with Crippen LogP contribution in [0.15, 0.2) is 188 Å². The highest BCUT2D eigenvalue weighted by molar-refractivity contribution is 6.29. The maximum absolute atomic E-state index is 9.81. The lowest BCUT2D eigenvalue weighted by molar-refractivity contribution is 1.16. The second kappa shape index (κ2) is 10.8. The third-order valence-corrected chi connectivity index (χ3v) is 9.91. The maximum atomic E-state index is 9.81. The van der Waals surface area contributed by atoms with Crippen LogP contribution in [0.2, 0.25) is 0 Å². The van der Waals surface area contributed by atoms with E-state index in [0.29, 0.717) is 11.4 Å². The normalized spacial score (nSPS) is 14.7. The highest BCUT2D eigenvalue weighted by atomic mass is 15.0. The summed E-state index contributed by atoms with van der Waals surface area (Å²) in [5, 5.41) is 2.35. The van der Waals surface area contributed by atoms with Crippen LogP contribution in [0.25, 0.3) is 93.6 Å². The summed E-state index contributed by atoms with van der Waals surface area (Å²) in [4.78, 5) is 0. The molecule has 0 aliphatic heterocycles. The van der Waals surface area contributed by atoms with Crippen molar-refractivity contribution in [3.05, 3.63) is 188 Å². The van der Waals surface area contributed by atoms with Gasteiger partial charge in [-0.3, -0.25) is 0 Å². The van der Waals surface area contributed by atoms with Gasteiger partial charge < -0.3 is 13.7 Å². The zero-order chi connectivity index (χ0) is 42.2. The summed E-state index contributed by atoms with van der Waals surface area (Å²) in [6.07, 6.45) is 0. The predicted molar refractivity (Wildman–Crippen MR) is 215 cm³/mol. The molecule has 0 aliphatic rings. The van der Waals surface area contributed by atoms with E-state index in [2.05, 4.69) is 4.57 Å². The molecule has 51 heavy (non-hydrogen) atoms. The summed E-state index contributed by atoms with van der Waals surface area (Å²) >= 11 is 0. The van der Waals surface area contributed by atoms with Crippen LogP contribution < -0.4 is 0 Å². The number of hydrogen-bond donors (Lipinski definition) is 0. The van der Waals surface area contributed by atoms with Crippen LogP contribution in [0, 0.1) is 0 Å². The standard InChI is InChI=1S/C48H31N3/c1-3-13-32(14-4-1)33-23-25-35(26-24-33)50-42-21-11-8-18-38(42)47-45(50)29-30-46-48(47)39-19-9-12-22-43(39)51(46)36-27-28-44-40(31-36)37-17-7-10-20-41(37)49(44)34-15-5-2-6-16-34/h1-31H/i8D,9D,11D,12D,18D,19D,21D,22D,29D,30D. The van der Waals surface area contributed by atoms with Gasteiger partial charge in [-0.05, 0) is 83.8 Å². The lowest BCUT2D eigenvalue weighted by Crippen LogP contribution is -1.96. The molecule has 3 aromatic heterocycles. The number of aromatic nitrogens is 3. The van der Waals surface area contributed by atoms with Crippen molar-refractivity contribution in [1.29, 1.82) is 0 Å². The van der Waals surface area contributed by atoms with Crippen molar-refractivity contribution in [2.75, 3.05) is 0 Å². The second-order valence-electron chi connectivity index (χ2n) is 12.6. The predicted octanol–water partition coefficient (Wildman–Crippen LogP) is 12.6. The van der Waals surface area contributed by atoms with E-state index in [-0.39, 0.29) is 79.9 Å². The molecular formula is C48H31N3. The molecule has 0 saturated carbocycles. The van der Waals surface area contributed by atoms with Crippen molar-refractivity contribution in [2.24, 2.45) is 0 Å². The van der Waals surface area contributed by atoms with Gasteiger partial charge in [-0.15, -0.1) is 0 Å². The van der Waals surface area contributed by atoms with Crippen LogP contribution in [0.3, 0.4) is 0 Å². The molecule has 8 aromatic carbocycles. The molecule has 3 heteroatoms. The van der Waals surface area contributed by atoms with Crippen LogP contribution in [0.1, 0.15) is 13.7 Å². The first kappa shape index (κ1) is 20.0. The zero-order valence-corrected chi connectivity index (χ0v) is 27.0. The van der Waals surface area contributed by atoms with Gasteiger partial charge in [0.2, 0.25) is 0 Å². The van der Waals surface area contributed by atoms with Gasteiger partial charge in [-0.2, -0.15) is 0 Å². The Morgan fingerprint density at radius 3 is 1.49 bits per heavy atom. The first-order valence-electron chi connectivity index (χ1n) is 21.7. The molecule has 0 spiro atoms. The average Bonchev–Trinajstić information content (AvgIpc) is 3.95. The monoisotopic (exact) mass is 659 g/mol. The molecule has 0 radical (unpaired) electrons. The summed E-state index contributed by atoms with van der Waals surface area (Å²) in [5.41, 5.74) is 6.09. The number of hydrogen-bond acceptors (Lipinski definition) is 0. The Morgan fingerprint density at radius 1 is 0.314 bits per heavy atom. The highest BCUT2D eigenvalue weighted by Crippen LogP contribution is 2.43. The van der Waals surface area contributed by atoms with Crippen LogP contribution in [0.5, 0.6) is 0 Å². The van der Waals surface area contributed by atoms with Gasteiger partial charge in [0, 0.05) is 49.4 Å². The number of para-hydroxylation sites is 4. The quantitative estimate of drug-likeness (QED) is 0.179. The van der Waals surface area contributed by atoms with E-state index in [1.165, 1.54) is 0 Å². The average molecular weight is 660 g/mol. The number of rotatable bonds is 4. The molecule has 0 amide bonds. The third-order valence-electron chi connectivity index (χ3n) is 9.91. The molecule has 0 saturated heterocycles. The minimum Gasteiger partial charge on any atom is -0.309 e. The molecular weight excluding hydrogens is 619 g/mol. The number of fused-ring (bicyclic) bond motifs is 10. The van der Waals surface area contributed by atoms with Crippen LogP contribution in [-0.4, -0.2) is 13.7 Å². The largest absolute Gasteiger partial charge is 0.309 e. The zero-order valence-electron chi connectivity index (χ0n) is 37.0. The summed E-state index contributed by atoms with van der Waals surface area (Å²) in [5.74, 6) is 0. The molecule has 0 atom stereocenters. The Balaban J connectivity index is 1.33. The van der Waals surface area contributed by atoms with Gasteiger partial charge in [-0.1, -0.05) is 115 Å². The van der Waals surface area contributed by atoms with Gasteiger partial charge in [0.25, 0.3) is 0 Å². The van der Waals surface area contributed by atoms with Crippen molar-refractivity contribution in [2.45, 2.75) is 0 Å². The van der Waals surface area contributed by atoms with Gasteiger partial charge in [0.15, 0.2) is 0 Å². The molecule has 3 heterocycles. The van der Waals surface area contributed by atoms with Crippen LogP contribution in [-0.2, 0) is 0 Å². The fourth-order valence-corrected chi connectivity index (χ4v) is 7.74. The van der Waals surface area contributed by atoms with Crippen molar-refractivity contribution >= 4 is 65.4 Å². The van der Waals surface area contributed by atoms with Crippen molar-refractivity contribution in [1.82, 2.24) is 13.7 Å². The highest BCUT2D eigenvalue weighted by Gasteiger charge is 2.21. The first-order valence-corrected chi connectivity index (χ1v) is 16.7. The van der Waals surface area contributed by atoms with E-state index in [9.17, 15) is 8.22 Å². The molecule has 0 unspecified atom stereocenters. The fraction of sp³-hybridized carbons (Fsp3) is 0. The maximum Gasteiger partial charge on any atom is 0.0646 e. The van der Waals surface area contributed by atoms with Gasteiger partial charge in [-0.25, -0.2) is 0 Å². The van der Waals surface area contributed by atoms with E-state index in [4.69, 9.17) is 5.48 Å². The minimum atomic E-state index is -0.491. The summed E-state index contributed by atoms with van der Waals surface area (Å²) in [6, 6.07) is 37.0. The molecule has 0 bridgehead atoms. The van der Waals surface area contributed by atoms with E-state index in [1.54, 1.807) is 9.13 Å². The lowest BCUT2D eigenvalue weighted by Gasteiger charge is -2.11. The molecule has 0 N–H and O–H groups in total. The molecule has 11 aromatic rings. The summed E-state index contributed by atoms with van der Waals surface area (Å²) in [7, 11) is 0. The molecule has 3 nitrogen and oxygen atoms in total. The lowest BCUT2D eigenvalue weighted by atomic mass is 10.1.